The van der Waals surface area contributed by atoms with Gasteiger partial charge in [0.1, 0.15) is 5.75 Å². The predicted molar refractivity (Wildman–Crippen MR) is 116 cm³/mol. The first-order chi connectivity index (χ1) is 15.0. The summed E-state index contributed by atoms with van der Waals surface area (Å²) >= 11 is 0. The molecule has 1 aliphatic heterocycles. The molecule has 4 rings (SSSR count). The first kappa shape index (κ1) is 21.1. The Morgan fingerprint density at radius 1 is 1.35 bits per heavy atom. The van der Waals surface area contributed by atoms with Crippen LogP contribution in [0, 0.1) is 6.92 Å². The van der Waals surface area contributed by atoms with Gasteiger partial charge in [0.05, 0.1) is 19.0 Å². The van der Waals surface area contributed by atoms with Crippen LogP contribution in [0.1, 0.15) is 51.8 Å². The van der Waals surface area contributed by atoms with E-state index in [-0.39, 0.29) is 17.6 Å². The number of aromatic nitrogens is 3. The van der Waals surface area contributed by atoms with Gasteiger partial charge in [0, 0.05) is 49.9 Å². The van der Waals surface area contributed by atoms with E-state index in [9.17, 15) is 4.79 Å². The molecule has 31 heavy (non-hydrogen) atoms. The van der Waals surface area contributed by atoms with E-state index in [0.717, 1.165) is 49.5 Å². The number of aryl methyl sites for hydroxylation is 1. The highest BCUT2D eigenvalue weighted by molar-refractivity contribution is 5.91. The number of piperidine rings is 1. The smallest absolute Gasteiger partial charge is 0.290 e. The summed E-state index contributed by atoms with van der Waals surface area (Å²) in [6.07, 6.45) is 4.08. The Morgan fingerprint density at radius 3 is 3.00 bits per heavy atom. The molecule has 1 saturated heterocycles. The van der Waals surface area contributed by atoms with Crippen LogP contribution >= 0.6 is 0 Å². The lowest BCUT2D eigenvalue weighted by Gasteiger charge is -2.31. The van der Waals surface area contributed by atoms with Gasteiger partial charge in [-0.2, -0.15) is 5.10 Å². The monoisotopic (exact) mass is 423 g/mol. The minimum absolute atomic E-state index is 0.248. The summed E-state index contributed by atoms with van der Waals surface area (Å²) in [5.41, 5.74) is 4.25. The predicted octanol–water partition coefficient (Wildman–Crippen LogP) is 3.03. The first-order valence-corrected chi connectivity index (χ1v) is 10.6. The van der Waals surface area contributed by atoms with Crippen molar-refractivity contribution in [2.45, 2.75) is 38.8 Å². The SMILES string of the molecule is COc1cccc(CNC(=O)c2cc([C@@H]3CCCN(Cc4cnn(C)c4C)C3)no2)c1. The molecule has 1 amide bonds. The van der Waals surface area contributed by atoms with Crippen molar-refractivity contribution in [2.75, 3.05) is 20.2 Å². The van der Waals surface area contributed by atoms with Crippen molar-refractivity contribution in [3.63, 3.8) is 0 Å². The third-order valence-electron chi connectivity index (χ3n) is 5.99. The molecule has 0 saturated carbocycles. The van der Waals surface area contributed by atoms with E-state index in [1.54, 1.807) is 13.2 Å². The third kappa shape index (κ3) is 4.96. The Balaban J connectivity index is 1.35. The van der Waals surface area contributed by atoms with Crippen molar-refractivity contribution in [3.8, 4) is 5.75 Å². The highest BCUT2D eigenvalue weighted by atomic mass is 16.5. The Hall–Kier alpha value is -3.13. The molecule has 2 aromatic heterocycles. The van der Waals surface area contributed by atoms with Gasteiger partial charge in [-0.3, -0.25) is 14.4 Å². The fraction of sp³-hybridized carbons (Fsp3) is 0.435. The van der Waals surface area contributed by atoms with Crippen molar-refractivity contribution >= 4 is 5.91 Å². The number of nitrogens with one attached hydrogen (secondary N) is 1. The molecule has 1 N–H and O–H groups in total. The second-order valence-corrected chi connectivity index (χ2v) is 8.10. The zero-order valence-corrected chi connectivity index (χ0v) is 18.3. The summed E-state index contributed by atoms with van der Waals surface area (Å²) in [6.45, 7) is 5.32. The summed E-state index contributed by atoms with van der Waals surface area (Å²) in [6, 6.07) is 9.39. The quantitative estimate of drug-likeness (QED) is 0.629. The van der Waals surface area contributed by atoms with Gasteiger partial charge in [0.25, 0.3) is 5.91 Å². The van der Waals surface area contributed by atoms with Crippen LogP contribution in [0.25, 0.3) is 0 Å². The molecule has 1 aliphatic rings. The summed E-state index contributed by atoms with van der Waals surface area (Å²) in [4.78, 5) is 14.9. The number of hydrogen-bond acceptors (Lipinski definition) is 6. The number of ether oxygens (including phenoxy) is 1. The van der Waals surface area contributed by atoms with Crippen LogP contribution < -0.4 is 10.1 Å². The molecule has 1 fully saturated rings. The summed E-state index contributed by atoms with van der Waals surface area (Å²) < 4.78 is 12.5. The van der Waals surface area contributed by atoms with Crippen LogP contribution in [-0.4, -0.2) is 45.9 Å². The highest BCUT2D eigenvalue weighted by Crippen LogP contribution is 2.28. The number of hydrogen-bond donors (Lipinski definition) is 1. The molecule has 1 atom stereocenters. The topological polar surface area (TPSA) is 85.4 Å². The van der Waals surface area contributed by atoms with E-state index in [1.807, 2.05) is 42.2 Å². The molecule has 3 heterocycles. The molecule has 1 aromatic carbocycles. The van der Waals surface area contributed by atoms with Crippen molar-refractivity contribution in [1.82, 2.24) is 25.2 Å². The van der Waals surface area contributed by atoms with E-state index in [0.29, 0.717) is 6.54 Å². The van der Waals surface area contributed by atoms with Gasteiger partial charge in [-0.25, -0.2) is 0 Å². The van der Waals surface area contributed by atoms with Gasteiger partial charge in [-0.05, 0) is 44.0 Å². The number of likely N-dealkylation sites (tertiary alicyclic amines) is 1. The largest absolute Gasteiger partial charge is 0.497 e. The van der Waals surface area contributed by atoms with Crippen LogP contribution in [0.4, 0.5) is 0 Å². The highest BCUT2D eigenvalue weighted by Gasteiger charge is 2.26. The number of benzene rings is 1. The lowest BCUT2D eigenvalue weighted by Crippen LogP contribution is -2.34. The normalized spacial score (nSPS) is 16.9. The van der Waals surface area contributed by atoms with Gasteiger partial charge >= 0.3 is 0 Å². The number of rotatable bonds is 7. The van der Waals surface area contributed by atoms with Gasteiger partial charge in [-0.15, -0.1) is 0 Å². The molecular weight excluding hydrogens is 394 g/mol. The number of carbonyl (C=O) groups excluding carboxylic acids is 1. The Bertz CT molecular complexity index is 1040. The van der Waals surface area contributed by atoms with Crippen molar-refractivity contribution in [1.29, 1.82) is 0 Å². The van der Waals surface area contributed by atoms with Crippen LogP contribution in [0.2, 0.25) is 0 Å². The van der Waals surface area contributed by atoms with Crippen molar-refractivity contribution < 1.29 is 14.1 Å². The fourth-order valence-electron chi connectivity index (χ4n) is 4.02. The van der Waals surface area contributed by atoms with Gasteiger partial charge < -0.3 is 14.6 Å². The van der Waals surface area contributed by atoms with Crippen LogP contribution in [-0.2, 0) is 20.1 Å². The maximum Gasteiger partial charge on any atom is 0.290 e. The first-order valence-electron chi connectivity index (χ1n) is 10.6. The second-order valence-electron chi connectivity index (χ2n) is 8.10. The van der Waals surface area contributed by atoms with Gasteiger partial charge in [-0.1, -0.05) is 17.3 Å². The molecule has 8 heteroatoms. The Morgan fingerprint density at radius 2 is 2.23 bits per heavy atom. The number of methoxy groups -OCH3 is 1. The number of amides is 1. The third-order valence-corrected chi connectivity index (χ3v) is 5.99. The van der Waals surface area contributed by atoms with Crippen LogP contribution in [0.15, 0.2) is 41.1 Å². The molecule has 164 valence electrons. The Kier molecular flexibility index (Phi) is 6.36. The zero-order chi connectivity index (χ0) is 21.8. The molecule has 0 spiro atoms. The minimum atomic E-state index is -0.264. The Labute approximate surface area is 182 Å². The standard InChI is InChI=1S/C23H29N5O3/c1-16-19(13-25-27(16)2)15-28-9-5-7-18(14-28)21-11-22(31-26-21)23(29)24-12-17-6-4-8-20(10-17)30-3/h4,6,8,10-11,13,18H,5,7,9,12,14-15H2,1-3H3,(H,24,29)/t18-/m1/s1. The van der Waals surface area contributed by atoms with E-state index >= 15 is 0 Å². The van der Waals surface area contributed by atoms with E-state index in [1.165, 1.54) is 11.3 Å². The molecular formula is C23H29N5O3. The molecule has 0 aliphatic carbocycles. The molecule has 3 aromatic rings. The summed E-state index contributed by atoms with van der Waals surface area (Å²) in [5.74, 6) is 1.00. The van der Waals surface area contributed by atoms with E-state index in [4.69, 9.17) is 9.26 Å². The average Bonchev–Trinajstić information content (AvgIpc) is 3.41. The molecule has 8 nitrogen and oxygen atoms in total. The van der Waals surface area contributed by atoms with Gasteiger partial charge in [0.15, 0.2) is 0 Å². The van der Waals surface area contributed by atoms with Gasteiger partial charge in [0.2, 0.25) is 5.76 Å². The minimum Gasteiger partial charge on any atom is -0.497 e. The average molecular weight is 424 g/mol. The maximum absolute atomic E-state index is 12.5. The van der Waals surface area contributed by atoms with Crippen LogP contribution in [0.5, 0.6) is 5.75 Å². The summed E-state index contributed by atoms with van der Waals surface area (Å²) in [7, 11) is 3.59. The molecule has 0 bridgehead atoms. The summed E-state index contributed by atoms with van der Waals surface area (Å²) in [5, 5.41) is 11.4. The fourth-order valence-corrected chi connectivity index (χ4v) is 4.02. The molecule has 0 unspecified atom stereocenters. The van der Waals surface area contributed by atoms with E-state index in [2.05, 4.69) is 27.4 Å². The van der Waals surface area contributed by atoms with E-state index < -0.39 is 0 Å². The lowest BCUT2D eigenvalue weighted by molar-refractivity contribution is 0.0913. The van der Waals surface area contributed by atoms with Crippen molar-refractivity contribution in [3.05, 3.63) is 64.8 Å². The second kappa shape index (κ2) is 9.34. The molecule has 0 radical (unpaired) electrons. The van der Waals surface area contributed by atoms with Crippen LogP contribution in [0.3, 0.4) is 0 Å². The zero-order valence-electron chi connectivity index (χ0n) is 18.3. The number of nitrogens with zero attached hydrogens (tertiary/aromatic N) is 4. The maximum atomic E-state index is 12.5. The lowest BCUT2D eigenvalue weighted by atomic mass is 9.94. The number of carbonyl (C=O) groups is 1. The van der Waals surface area contributed by atoms with Crippen molar-refractivity contribution in [2.24, 2.45) is 7.05 Å².